The van der Waals surface area contributed by atoms with E-state index in [-0.39, 0.29) is 0 Å². The van der Waals surface area contributed by atoms with E-state index in [9.17, 15) is 0 Å². The third-order valence-electron chi connectivity index (χ3n) is 4.31. The summed E-state index contributed by atoms with van der Waals surface area (Å²) in [5.41, 5.74) is 1.38. The second kappa shape index (κ2) is 10.5. The maximum atomic E-state index is 5.91. The van der Waals surface area contributed by atoms with Crippen LogP contribution in [0, 0.1) is 0 Å². The van der Waals surface area contributed by atoms with E-state index in [2.05, 4.69) is 46.9 Å². The van der Waals surface area contributed by atoms with Gasteiger partial charge in [0.1, 0.15) is 12.4 Å². The molecule has 0 N–H and O–H groups in total. The maximum absolute atomic E-state index is 5.91. The number of benzene rings is 1. The van der Waals surface area contributed by atoms with Crippen LogP contribution >= 0.6 is 11.6 Å². The van der Waals surface area contributed by atoms with Crippen molar-refractivity contribution in [1.29, 1.82) is 0 Å². The van der Waals surface area contributed by atoms with E-state index in [0.717, 1.165) is 24.5 Å². The Morgan fingerprint density at radius 1 is 0.957 bits per heavy atom. The average Bonchev–Trinajstić information content (AvgIpc) is 3.01. The predicted molar refractivity (Wildman–Crippen MR) is 97.8 cm³/mol. The van der Waals surface area contributed by atoms with Gasteiger partial charge in [-0.1, -0.05) is 49.9 Å². The van der Waals surface area contributed by atoms with Crippen LogP contribution in [0.5, 0.6) is 0 Å². The number of rotatable bonds is 11. The number of unbranched alkanes of at least 4 members (excludes halogenated alkanes) is 5. The number of hydrogen-bond acceptors (Lipinski definition) is 0. The van der Waals surface area contributed by atoms with Gasteiger partial charge in [0.05, 0.1) is 13.1 Å². The molecule has 1 aromatic carbocycles. The molecule has 0 atom stereocenters. The van der Waals surface area contributed by atoms with Crippen LogP contribution in [0.15, 0.2) is 43.0 Å². The summed E-state index contributed by atoms with van der Waals surface area (Å²) in [6.45, 7) is 4.53. The highest BCUT2D eigenvalue weighted by molar-refractivity contribution is 6.30. The molecule has 2 nitrogen and oxygen atoms in total. The highest BCUT2D eigenvalue weighted by Crippen LogP contribution is 2.12. The first-order chi connectivity index (χ1) is 11.3. The van der Waals surface area contributed by atoms with E-state index in [1.54, 1.807) is 0 Å². The minimum Gasteiger partial charge on any atom is -0.237 e. The van der Waals surface area contributed by atoms with Crippen LogP contribution < -0.4 is 4.57 Å². The van der Waals surface area contributed by atoms with Crippen LogP contribution in [0.2, 0.25) is 5.02 Å². The Kier molecular flexibility index (Phi) is 8.24. The Bertz CT molecular complexity index is 545. The maximum Gasteiger partial charge on any atom is 0.243 e. The van der Waals surface area contributed by atoms with Crippen LogP contribution in [-0.4, -0.2) is 4.57 Å². The van der Waals surface area contributed by atoms with Crippen LogP contribution in [0.3, 0.4) is 0 Å². The van der Waals surface area contributed by atoms with Gasteiger partial charge in [-0.05, 0) is 49.8 Å². The number of nitrogens with zero attached hydrogens (tertiary/aromatic N) is 2. The standard InChI is InChI=1S/C20H30ClN2/c1-2-3-4-5-7-14-22-16-17-23(18-22)15-8-6-9-19-10-12-20(21)13-11-19/h10-13,16-18H,2-9,14-15H2,1H3/q+1. The molecule has 0 saturated carbocycles. The molecule has 0 radical (unpaired) electrons. The number of hydrogen-bond donors (Lipinski definition) is 0. The molecule has 3 heteroatoms. The van der Waals surface area contributed by atoms with Crippen molar-refractivity contribution in [2.24, 2.45) is 0 Å². The zero-order chi connectivity index (χ0) is 16.3. The summed E-state index contributed by atoms with van der Waals surface area (Å²) in [4.78, 5) is 0. The van der Waals surface area contributed by atoms with Gasteiger partial charge >= 0.3 is 0 Å². The lowest BCUT2D eigenvalue weighted by atomic mass is 10.1. The van der Waals surface area contributed by atoms with Crippen molar-refractivity contribution in [1.82, 2.24) is 4.57 Å². The lowest BCUT2D eigenvalue weighted by Crippen LogP contribution is -2.30. The summed E-state index contributed by atoms with van der Waals surface area (Å²) in [6, 6.07) is 8.22. The molecular weight excluding hydrogens is 304 g/mol. The fraction of sp³-hybridized carbons (Fsp3) is 0.550. The van der Waals surface area contributed by atoms with Gasteiger partial charge in [0, 0.05) is 5.02 Å². The second-order valence-electron chi connectivity index (χ2n) is 6.39. The summed E-state index contributed by atoms with van der Waals surface area (Å²) in [6.07, 6.45) is 17.0. The summed E-state index contributed by atoms with van der Waals surface area (Å²) in [7, 11) is 0. The van der Waals surface area contributed by atoms with Gasteiger partial charge in [-0.25, -0.2) is 9.13 Å². The van der Waals surface area contributed by atoms with Crippen molar-refractivity contribution in [2.75, 3.05) is 0 Å². The van der Waals surface area contributed by atoms with Crippen LogP contribution in [0.25, 0.3) is 0 Å². The Morgan fingerprint density at radius 2 is 1.74 bits per heavy atom. The molecule has 0 fully saturated rings. The molecular formula is C20H30ClN2+. The minimum atomic E-state index is 0.820. The van der Waals surface area contributed by atoms with Crippen molar-refractivity contribution in [3.8, 4) is 0 Å². The van der Waals surface area contributed by atoms with Gasteiger partial charge in [-0.3, -0.25) is 0 Å². The van der Waals surface area contributed by atoms with E-state index >= 15 is 0 Å². The van der Waals surface area contributed by atoms with Crippen LogP contribution in [0.1, 0.15) is 57.4 Å². The number of aromatic nitrogens is 2. The molecule has 2 aromatic rings. The first-order valence-electron chi connectivity index (χ1n) is 9.07. The first kappa shape index (κ1) is 18.1. The van der Waals surface area contributed by atoms with E-state index in [0.29, 0.717) is 0 Å². The number of halogens is 1. The molecule has 0 aliphatic rings. The van der Waals surface area contributed by atoms with Crippen LogP contribution in [-0.2, 0) is 19.5 Å². The lowest BCUT2D eigenvalue weighted by molar-refractivity contribution is -0.696. The van der Waals surface area contributed by atoms with E-state index in [1.807, 2.05) is 12.1 Å². The molecule has 0 saturated heterocycles. The van der Waals surface area contributed by atoms with Gasteiger partial charge < -0.3 is 0 Å². The highest BCUT2D eigenvalue weighted by atomic mass is 35.5. The fourth-order valence-corrected chi connectivity index (χ4v) is 3.00. The van der Waals surface area contributed by atoms with Crippen molar-refractivity contribution in [3.63, 3.8) is 0 Å². The number of aryl methyl sites for hydroxylation is 3. The molecule has 0 aliphatic heterocycles. The van der Waals surface area contributed by atoms with Gasteiger partial charge in [0.2, 0.25) is 6.33 Å². The Hall–Kier alpha value is -1.28. The predicted octanol–water partition coefficient (Wildman–Crippen LogP) is 5.42. The summed E-state index contributed by atoms with van der Waals surface area (Å²) in [5, 5.41) is 0.820. The van der Waals surface area contributed by atoms with Gasteiger partial charge in [0.15, 0.2) is 0 Å². The highest BCUT2D eigenvalue weighted by Gasteiger charge is 2.03. The normalized spacial score (nSPS) is 11.0. The Labute approximate surface area is 146 Å². The Balaban J connectivity index is 1.60. The SMILES string of the molecule is CCCCCCC[n+]1ccn(CCCCc2ccc(Cl)cc2)c1. The molecule has 2 rings (SSSR count). The molecule has 0 amide bonds. The fourth-order valence-electron chi connectivity index (χ4n) is 2.88. The molecule has 0 spiro atoms. The molecule has 0 aliphatic carbocycles. The minimum absolute atomic E-state index is 0.820. The van der Waals surface area contributed by atoms with E-state index < -0.39 is 0 Å². The molecule has 1 aromatic heterocycles. The molecule has 0 bridgehead atoms. The van der Waals surface area contributed by atoms with E-state index in [4.69, 9.17) is 11.6 Å². The quantitative estimate of drug-likeness (QED) is 0.383. The van der Waals surface area contributed by atoms with Crippen molar-refractivity contribution < 1.29 is 4.57 Å². The topological polar surface area (TPSA) is 8.81 Å². The average molecular weight is 334 g/mol. The van der Waals surface area contributed by atoms with Gasteiger partial charge in [-0.15, -0.1) is 0 Å². The van der Waals surface area contributed by atoms with Crippen molar-refractivity contribution >= 4 is 11.6 Å². The lowest BCUT2D eigenvalue weighted by Gasteiger charge is -2.01. The summed E-state index contributed by atoms with van der Waals surface area (Å²) < 4.78 is 4.64. The summed E-state index contributed by atoms with van der Waals surface area (Å²) in [5.74, 6) is 0. The molecule has 1 heterocycles. The van der Waals surface area contributed by atoms with Gasteiger partial charge in [-0.2, -0.15) is 0 Å². The molecule has 23 heavy (non-hydrogen) atoms. The Morgan fingerprint density at radius 3 is 2.52 bits per heavy atom. The second-order valence-corrected chi connectivity index (χ2v) is 6.82. The first-order valence-corrected chi connectivity index (χ1v) is 9.45. The molecule has 126 valence electrons. The summed E-state index contributed by atoms with van der Waals surface area (Å²) >= 11 is 5.91. The van der Waals surface area contributed by atoms with Gasteiger partial charge in [0.25, 0.3) is 0 Å². The van der Waals surface area contributed by atoms with Crippen LogP contribution in [0.4, 0.5) is 0 Å². The molecule has 0 unspecified atom stereocenters. The third kappa shape index (κ3) is 7.22. The monoisotopic (exact) mass is 333 g/mol. The zero-order valence-electron chi connectivity index (χ0n) is 14.4. The number of imidazole rings is 1. The smallest absolute Gasteiger partial charge is 0.237 e. The van der Waals surface area contributed by atoms with Crippen molar-refractivity contribution in [2.45, 2.75) is 71.4 Å². The largest absolute Gasteiger partial charge is 0.243 e. The van der Waals surface area contributed by atoms with E-state index in [1.165, 1.54) is 50.5 Å². The third-order valence-corrected chi connectivity index (χ3v) is 4.56. The zero-order valence-corrected chi connectivity index (χ0v) is 15.1. The van der Waals surface area contributed by atoms with Crippen molar-refractivity contribution in [3.05, 3.63) is 53.6 Å².